The topological polar surface area (TPSA) is 71.3 Å². The van der Waals surface area contributed by atoms with Gasteiger partial charge in [0.2, 0.25) is 10.0 Å². The van der Waals surface area contributed by atoms with Crippen LogP contribution in [0.5, 0.6) is 0 Å². The summed E-state index contributed by atoms with van der Waals surface area (Å²) in [6, 6.07) is 13.9. The first-order valence-corrected chi connectivity index (χ1v) is 13.5. The second-order valence-corrected chi connectivity index (χ2v) is 11.0. The molecule has 1 aliphatic heterocycles. The third kappa shape index (κ3) is 5.07. The average molecular weight is 488 g/mol. The van der Waals surface area contributed by atoms with Crippen LogP contribution in [0.1, 0.15) is 23.2 Å². The quantitative estimate of drug-likeness (QED) is 0.530. The molecule has 0 radical (unpaired) electrons. The minimum Gasteiger partial charge on any atom is -0.363 e. The highest BCUT2D eigenvalue weighted by Crippen LogP contribution is 2.36. The second kappa shape index (κ2) is 9.54. The van der Waals surface area contributed by atoms with Crippen molar-refractivity contribution >= 4 is 15.6 Å². The molecular weight excluding hydrogens is 458 g/mol. The Kier molecular flexibility index (Phi) is 6.30. The van der Waals surface area contributed by atoms with Gasteiger partial charge in [0.1, 0.15) is 0 Å². The molecule has 2 aliphatic rings. The fourth-order valence-electron chi connectivity index (χ4n) is 4.80. The summed E-state index contributed by atoms with van der Waals surface area (Å²) < 4.78 is 29.6. The molecule has 0 bridgehead atoms. The van der Waals surface area contributed by atoms with Gasteiger partial charge in [-0.3, -0.25) is 9.29 Å². The molecule has 3 aromatic rings. The minimum atomic E-state index is -3.50. The van der Waals surface area contributed by atoms with Gasteiger partial charge in [-0.2, -0.15) is 0 Å². The van der Waals surface area contributed by atoms with Gasteiger partial charge in [0.25, 0.3) is 0 Å². The second-order valence-electron chi connectivity index (χ2n) is 9.13. The zero-order valence-corrected chi connectivity index (χ0v) is 20.8. The van der Waals surface area contributed by atoms with Crippen LogP contribution in [-0.4, -0.2) is 51.0 Å². The first kappa shape index (κ1) is 23.1. The lowest BCUT2D eigenvalue weighted by molar-refractivity contribution is 0.267. The van der Waals surface area contributed by atoms with E-state index < -0.39 is 10.0 Å². The summed E-state index contributed by atoms with van der Waals surface area (Å²) in [6.07, 6.45) is 15.9. The predicted octanol–water partition coefficient (Wildman–Crippen LogP) is 3.76. The molecule has 8 heteroatoms. The number of benzene rings is 1. The summed E-state index contributed by atoms with van der Waals surface area (Å²) in [5.74, 6) is 0. The smallest absolute Gasteiger partial charge is 0.232 e. The van der Waals surface area contributed by atoms with Crippen molar-refractivity contribution in [1.82, 2.24) is 23.7 Å². The molecule has 0 amide bonds. The highest BCUT2D eigenvalue weighted by atomic mass is 32.2. The van der Waals surface area contributed by atoms with E-state index in [1.807, 2.05) is 60.5 Å². The van der Waals surface area contributed by atoms with Crippen molar-refractivity contribution in [1.29, 1.82) is 0 Å². The number of hydrogen-bond acceptors (Lipinski definition) is 5. The Labute approximate surface area is 206 Å². The van der Waals surface area contributed by atoms with Crippen LogP contribution in [0, 0.1) is 0 Å². The Hall–Kier alpha value is -3.65. The summed E-state index contributed by atoms with van der Waals surface area (Å²) in [5.41, 5.74) is 6.42. The third-order valence-corrected chi connectivity index (χ3v) is 7.73. The Morgan fingerprint density at radius 2 is 1.83 bits per heavy atom. The van der Waals surface area contributed by atoms with E-state index in [4.69, 9.17) is 0 Å². The fourth-order valence-corrected chi connectivity index (χ4v) is 5.80. The Balaban J connectivity index is 1.58. The van der Waals surface area contributed by atoms with E-state index in [0.29, 0.717) is 25.9 Å². The highest BCUT2D eigenvalue weighted by molar-refractivity contribution is 7.88. The molecule has 0 fully saturated rings. The van der Waals surface area contributed by atoms with Crippen molar-refractivity contribution < 1.29 is 8.42 Å². The summed E-state index contributed by atoms with van der Waals surface area (Å²) in [6.45, 7) is 1.18. The number of aromatic nitrogens is 3. The van der Waals surface area contributed by atoms with Crippen molar-refractivity contribution in [3.05, 3.63) is 114 Å². The molecular formula is C27H29N5O2S. The standard InChI is InChI=1S/C27H29N5O2S/c1-30-20-29-16-26(30)19-31-18-25(13-21-7-6-12-28-15-21)32(35(2,33)34)17-24-14-23(10-11-27(24)31)22-8-4-3-5-9-22/h3-12,15-17,20,25H,13-14,18-19H2,1-2H3. The maximum atomic E-state index is 13.0. The van der Waals surface area contributed by atoms with E-state index in [1.54, 1.807) is 16.8 Å². The molecule has 2 aromatic heterocycles. The summed E-state index contributed by atoms with van der Waals surface area (Å²) in [4.78, 5) is 10.8. The molecule has 1 aromatic carbocycles. The van der Waals surface area contributed by atoms with Gasteiger partial charge >= 0.3 is 0 Å². The first-order valence-electron chi connectivity index (χ1n) is 11.6. The lowest BCUT2D eigenvalue weighted by Gasteiger charge is -2.33. The Bertz CT molecular complexity index is 1390. The molecule has 1 unspecified atom stereocenters. The molecule has 180 valence electrons. The van der Waals surface area contributed by atoms with Crippen LogP contribution in [0.4, 0.5) is 0 Å². The number of hydrogen-bond donors (Lipinski definition) is 0. The summed E-state index contributed by atoms with van der Waals surface area (Å²) in [5, 5.41) is 0. The number of imidazole rings is 1. The third-order valence-electron chi connectivity index (χ3n) is 6.56. The molecule has 1 atom stereocenters. The zero-order valence-electron chi connectivity index (χ0n) is 19.9. The molecule has 3 heterocycles. The van der Waals surface area contributed by atoms with Gasteiger partial charge in [-0.05, 0) is 40.8 Å². The van der Waals surface area contributed by atoms with Crippen molar-refractivity contribution in [2.45, 2.75) is 25.4 Å². The number of pyridine rings is 1. The average Bonchev–Trinajstić information content (AvgIpc) is 3.18. The van der Waals surface area contributed by atoms with Crippen LogP contribution in [0.25, 0.3) is 5.57 Å². The lowest BCUT2D eigenvalue weighted by atomic mass is 9.92. The predicted molar refractivity (Wildman–Crippen MR) is 137 cm³/mol. The SMILES string of the molecule is Cn1cncc1CN1CC(Cc2cccnc2)N(S(C)(=O)=O)C=C2CC(c3ccccc3)=CC=C21. The molecule has 35 heavy (non-hydrogen) atoms. The van der Waals surface area contributed by atoms with Gasteiger partial charge < -0.3 is 9.47 Å². The minimum absolute atomic E-state index is 0.276. The van der Waals surface area contributed by atoms with Gasteiger partial charge in [0, 0.05) is 50.5 Å². The normalized spacial score (nSPS) is 18.3. The number of nitrogens with zero attached hydrogens (tertiary/aromatic N) is 5. The number of fused-ring (bicyclic) bond motifs is 1. The lowest BCUT2D eigenvalue weighted by Crippen LogP contribution is -2.43. The van der Waals surface area contributed by atoms with Crippen molar-refractivity contribution in [2.75, 3.05) is 12.8 Å². The maximum absolute atomic E-state index is 13.0. The highest BCUT2D eigenvalue weighted by Gasteiger charge is 2.33. The van der Waals surface area contributed by atoms with Gasteiger partial charge in [-0.1, -0.05) is 42.5 Å². The van der Waals surface area contributed by atoms with E-state index in [1.165, 1.54) is 11.8 Å². The van der Waals surface area contributed by atoms with Crippen molar-refractivity contribution in [2.24, 2.45) is 7.05 Å². The van der Waals surface area contributed by atoms with Gasteiger partial charge in [0.05, 0.1) is 30.9 Å². The number of allylic oxidation sites excluding steroid dienone is 4. The largest absolute Gasteiger partial charge is 0.363 e. The van der Waals surface area contributed by atoms with Crippen LogP contribution in [0.15, 0.2) is 97.0 Å². The number of sulfonamides is 1. The molecule has 5 rings (SSSR count). The van der Waals surface area contributed by atoms with Crippen LogP contribution in [-0.2, 0) is 30.0 Å². The molecule has 0 N–H and O–H groups in total. The van der Waals surface area contributed by atoms with E-state index in [-0.39, 0.29) is 6.04 Å². The van der Waals surface area contributed by atoms with Crippen molar-refractivity contribution in [3.63, 3.8) is 0 Å². The Morgan fingerprint density at radius 1 is 1.00 bits per heavy atom. The van der Waals surface area contributed by atoms with Crippen LogP contribution in [0.3, 0.4) is 0 Å². The van der Waals surface area contributed by atoms with E-state index in [2.05, 4.69) is 39.2 Å². The zero-order chi connectivity index (χ0) is 24.4. The van der Waals surface area contributed by atoms with Crippen molar-refractivity contribution in [3.8, 4) is 0 Å². The van der Waals surface area contributed by atoms with Gasteiger partial charge in [-0.15, -0.1) is 0 Å². The molecule has 0 spiro atoms. The Morgan fingerprint density at radius 3 is 2.51 bits per heavy atom. The van der Waals surface area contributed by atoms with Crippen LogP contribution in [0.2, 0.25) is 0 Å². The van der Waals surface area contributed by atoms with Gasteiger partial charge in [0.15, 0.2) is 0 Å². The van der Waals surface area contributed by atoms with Gasteiger partial charge in [-0.25, -0.2) is 13.4 Å². The molecule has 0 saturated carbocycles. The molecule has 0 saturated heterocycles. The first-order chi connectivity index (χ1) is 16.9. The maximum Gasteiger partial charge on any atom is 0.232 e. The van der Waals surface area contributed by atoms with E-state index in [0.717, 1.165) is 28.1 Å². The number of aryl methyl sites for hydroxylation is 1. The van der Waals surface area contributed by atoms with Crippen LogP contribution < -0.4 is 0 Å². The van der Waals surface area contributed by atoms with Crippen LogP contribution >= 0.6 is 0 Å². The molecule has 7 nitrogen and oxygen atoms in total. The summed E-state index contributed by atoms with van der Waals surface area (Å²) in [7, 11) is -1.52. The molecule has 1 aliphatic carbocycles. The fraction of sp³-hybridized carbons (Fsp3) is 0.259. The number of rotatable bonds is 6. The van der Waals surface area contributed by atoms with E-state index >= 15 is 0 Å². The monoisotopic (exact) mass is 487 g/mol. The van der Waals surface area contributed by atoms with E-state index in [9.17, 15) is 8.42 Å². The summed E-state index contributed by atoms with van der Waals surface area (Å²) >= 11 is 0.